The zero-order valence-corrected chi connectivity index (χ0v) is 16.8. The molecule has 27 heavy (non-hydrogen) atoms. The summed E-state index contributed by atoms with van der Waals surface area (Å²) in [6.45, 7) is 9.44. The number of terminal acetylenes is 1. The Bertz CT molecular complexity index is 800. The van der Waals surface area contributed by atoms with E-state index in [0.29, 0.717) is 13.1 Å². The summed E-state index contributed by atoms with van der Waals surface area (Å²) in [4.78, 5) is 25.9. The number of benzene rings is 1. The van der Waals surface area contributed by atoms with Crippen LogP contribution in [0.25, 0.3) is 10.9 Å². The Morgan fingerprint density at radius 3 is 2.48 bits per heavy atom. The van der Waals surface area contributed by atoms with Gasteiger partial charge in [-0.15, -0.1) is 12.8 Å². The van der Waals surface area contributed by atoms with E-state index in [1.807, 2.05) is 24.0 Å². The molecule has 1 amide bonds. The van der Waals surface area contributed by atoms with Crippen LogP contribution < -0.4 is 0 Å². The van der Waals surface area contributed by atoms with Gasteiger partial charge in [-0.05, 0) is 29.5 Å². The number of aromatic nitrogens is 2. The van der Waals surface area contributed by atoms with Crippen LogP contribution in [0.1, 0.15) is 44.7 Å². The fourth-order valence-corrected chi connectivity index (χ4v) is 2.86. The molecule has 0 aliphatic heterocycles. The van der Waals surface area contributed by atoms with Gasteiger partial charge in [-0.3, -0.25) is 14.7 Å². The Labute approximate surface area is 161 Å². The fraction of sp³-hybridized carbons (Fsp3) is 0.476. The second-order valence-electron chi connectivity index (χ2n) is 7.58. The van der Waals surface area contributed by atoms with Crippen LogP contribution in [-0.4, -0.2) is 40.6 Å². The van der Waals surface area contributed by atoms with E-state index in [1.165, 1.54) is 7.11 Å². The molecule has 0 saturated heterocycles. The van der Waals surface area contributed by atoms with Crippen LogP contribution >= 0.6 is 0 Å². The van der Waals surface area contributed by atoms with E-state index >= 15 is 0 Å². The number of rotatable bonds is 6. The highest BCUT2D eigenvalue weighted by molar-refractivity contribution is 5.84. The molecule has 0 saturated carbocycles. The highest BCUT2D eigenvalue weighted by Crippen LogP contribution is 2.25. The maximum atomic E-state index is 12.7. The monoisotopic (exact) mass is 371 g/mol. The Hall–Kier alpha value is -2.81. The highest BCUT2D eigenvalue weighted by Gasteiger charge is 2.23. The summed E-state index contributed by atoms with van der Waals surface area (Å²) < 4.78 is 4.64. The average molecular weight is 371 g/mol. The molecule has 146 valence electrons. The number of methoxy groups -OCH3 is 1. The number of hydrogen-bond donors (Lipinski definition) is 1. The largest absolute Gasteiger partial charge is 0.469 e. The number of carbonyl (C=O) groups is 2. The standard InChI is InChI=1S/C19H27N3O3.C2H2/c1-13-6-7-16-14(10-20-21-16)15(13)11-22(12-19(2,3)4)17(23)8-9-18(24)25-5;1-2/h6-7,10H,8-9,11-12H2,1-5H3,(H,20,21);1-2H. The summed E-state index contributed by atoms with van der Waals surface area (Å²) in [5, 5.41) is 8.11. The Morgan fingerprint density at radius 2 is 1.89 bits per heavy atom. The van der Waals surface area contributed by atoms with Crippen molar-refractivity contribution in [3.63, 3.8) is 0 Å². The molecule has 0 unspecified atom stereocenters. The van der Waals surface area contributed by atoms with Crippen molar-refractivity contribution in [1.29, 1.82) is 0 Å². The molecule has 6 heteroatoms. The molecule has 0 bridgehead atoms. The number of carbonyl (C=O) groups excluding carboxylic acids is 2. The van der Waals surface area contributed by atoms with Gasteiger partial charge in [-0.1, -0.05) is 26.8 Å². The molecular weight excluding hydrogens is 342 g/mol. The lowest BCUT2D eigenvalue weighted by Crippen LogP contribution is -2.37. The van der Waals surface area contributed by atoms with E-state index < -0.39 is 0 Å². The Balaban J connectivity index is 0.00000176. The normalized spacial score (nSPS) is 10.8. The molecule has 1 aromatic heterocycles. The minimum atomic E-state index is -0.364. The van der Waals surface area contributed by atoms with Crippen molar-refractivity contribution < 1.29 is 14.3 Å². The molecule has 2 aromatic rings. The number of esters is 1. The van der Waals surface area contributed by atoms with Gasteiger partial charge in [0.2, 0.25) is 5.91 Å². The molecule has 0 radical (unpaired) electrons. The average Bonchev–Trinajstić information content (AvgIpc) is 3.10. The summed E-state index contributed by atoms with van der Waals surface area (Å²) in [7, 11) is 1.34. The second kappa shape index (κ2) is 9.77. The van der Waals surface area contributed by atoms with Crippen LogP contribution in [0.15, 0.2) is 18.3 Å². The number of hydrogen-bond acceptors (Lipinski definition) is 4. The number of nitrogens with one attached hydrogen (secondary N) is 1. The summed E-state index contributed by atoms with van der Waals surface area (Å²) in [6, 6.07) is 4.03. The van der Waals surface area contributed by atoms with Gasteiger partial charge >= 0.3 is 5.97 Å². The van der Waals surface area contributed by atoms with Gasteiger partial charge in [0.1, 0.15) is 0 Å². The summed E-state index contributed by atoms with van der Waals surface area (Å²) in [6.07, 6.45) is 10.1. The van der Waals surface area contributed by atoms with Crippen LogP contribution in [0.2, 0.25) is 0 Å². The first-order valence-corrected chi connectivity index (χ1v) is 8.81. The van der Waals surface area contributed by atoms with Crippen molar-refractivity contribution in [2.45, 2.75) is 47.1 Å². The second-order valence-corrected chi connectivity index (χ2v) is 7.58. The number of amides is 1. The predicted octanol–water partition coefficient (Wildman–Crippen LogP) is 3.45. The van der Waals surface area contributed by atoms with Gasteiger partial charge in [0.05, 0.1) is 25.2 Å². The number of aryl methyl sites for hydroxylation is 1. The fourth-order valence-electron chi connectivity index (χ4n) is 2.86. The van der Waals surface area contributed by atoms with Gasteiger partial charge in [-0.25, -0.2) is 0 Å². The molecule has 0 fully saturated rings. The first-order valence-electron chi connectivity index (χ1n) is 8.81. The van der Waals surface area contributed by atoms with Crippen LogP contribution in [-0.2, 0) is 20.9 Å². The van der Waals surface area contributed by atoms with Gasteiger partial charge in [0.15, 0.2) is 0 Å². The number of nitrogens with zero attached hydrogens (tertiary/aromatic N) is 2. The van der Waals surface area contributed by atoms with E-state index in [0.717, 1.165) is 22.0 Å². The maximum absolute atomic E-state index is 12.7. The molecule has 2 rings (SSSR count). The van der Waals surface area contributed by atoms with Crippen molar-refractivity contribution in [2.24, 2.45) is 5.41 Å². The molecule has 1 N–H and O–H groups in total. The van der Waals surface area contributed by atoms with Gasteiger partial charge < -0.3 is 9.64 Å². The zero-order chi connectivity index (χ0) is 20.6. The number of H-pyrrole nitrogens is 1. The number of ether oxygens (including phenoxy) is 1. The molecule has 0 atom stereocenters. The van der Waals surface area contributed by atoms with Crippen LogP contribution in [0.4, 0.5) is 0 Å². The summed E-state index contributed by atoms with van der Waals surface area (Å²) >= 11 is 0. The summed E-state index contributed by atoms with van der Waals surface area (Å²) in [5.74, 6) is -0.405. The molecule has 1 aromatic carbocycles. The topological polar surface area (TPSA) is 75.3 Å². The molecular formula is C21H29N3O3. The Morgan fingerprint density at radius 1 is 1.22 bits per heavy atom. The smallest absolute Gasteiger partial charge is 0.306 e. The van der Waals surface area contributed by atoms with E-state index in [4.69, 9.17) is 0 Å². The molecule has 1 heterocycles. The third kappa shape index (κ3) is 6.45. The van der Waals surface area contributed by atoms with Gasteiger partial charge in [0, 0.05) is 24.9 Å². The van der Waals surface area contributed by atoms with Crippen LogP contribution in [0, 0.1) is 25.2 Å². The predicted molar refractivity (Wildman–Crippen MR) is 107 cm³/mol. The minimum Gasteiger partial charge on any atom is -0.469 e. The summed E-state index contributed by atoms with van der Waals surface area (Å²) in [5.41, 5.74) is 3.12. The van der Waals surface area contributed by atoms with Crippen LogP contribution in [0.3, 0.4) is 0 Å². The minimum absolute atomic E-state index is 0.0415. The Kier molecular flexibility index (Phi) is 8.04. The zero-order valence-electron chi connectivity index (χ0n) is 16.8. The highest BCUT2D eigenvalue weighted by atomic mass is 16.5. The van der Waals surface area contributed by atoms with E-state index in [-0.39, 0.29) is 30.1 Å². The first kappa shape index (κ1) is 22.2. The first-order chi connectivity index (χ1) is 12.7. The van der Waals surface area contributed by atoms with Gasteiger partial charge in [0.25, 0.3) is 0 Å². The molecule has 0 spiro atoms. The van der Waals surface area contributed by atoms with E-state index in [2.05, 4.69) is 48.6 Å². The molecule has 0 aliphatic carbocycles. The maximum Gasteiger partial charge on any atom is 0.306 e. The third-order valence-corrected chi connectivity index (χ3v) is 4.11. The van der Waals surface area contributed by atoms with Crippen molar-refractivity contribution in [3.05, 3.63) is 29.5 Å². The van der Waals surface area contributed by atoms with Crippen LogP contribution in [0.5, 0.6) is 0 Å². The van der Waals surface area contributed by atoms with Crippen molar-refractivity contribution >= 4 is 22.8 Å². The third-order valence-electron chi connectivity index (χ3n) is 4.11. The SMILES string of the molecule is C#C.COC(=O)CCC(=O)N(Cc1c(C)ccc2[nH]ncc12)CC(C)(C)C. The number of fused-ring (bicyclic) bond motifs is 1. The molecule has 0 aliphatic rings. The van der Waals surface area contributed by atoms with Crippen molar-refractivity contribution in [2.75, 3.05) is 13.7 Å². The lowest BCUT2D eigenvalue weighted by Gasteiger charge is -2.31. The molecule has 6 nitrogen and oxygen atoms in total. The quantitative estimate of drug-likeness (QED) is 0.623. The lowest BCUT2D eigenvalue weighted by molar-refractivity contribution is -0.144. The van der Waals surface area contributed by atoms with Crippen molar-refractivity contribution in [1.82, 2.24) is 15.1 Å². The number of aromatic amines is 1. The lowest BCUT2D eigenvalue weighted by atomic mass is 9.95. The van der Waals surface area contributed by atoms with E-state index in [1.54, 1.807) is 6.20 Å². The van der Waals surface area contributed by atoms with Crippen molar-refractivity contribution in [3.8, 4) is 12.8 Å². The van der Waals surface area contributed by atoms with E-state index in [9.17, 15) is 9.59 Å². The van der Waals surface area contributed by atoms with Gasteiger partial charge in [-0.2, -0.15) is 5.10 Å².